The first kappa shape index (κ1) is 16.0. The number of carboxylic acid groups (broad SMARTS) is 1. The smallest absolute Gasteiger partial charge is 0.407 e. The van der Waals surface area contributed by atoms with Gasteiger partial charge in [0.05, 0.1) is 24.5 Å². The number of piperazine rings is 1. The Kier molecular flexibility index (Phi) is 4.22. The van der Waals surface area contributed by atoms with Crippen LogP contribution in [0.1, 0.15) is 12.5 Å². The summed E-state index contributed by atoms with van der Waals surface area (Å²) in [5.41, 5.74) is 1.65. The van der Waals surface area contributed by atoms with Gasteiger partial charge in [-0.3, -0.25) is 5.10 Å². The van der Waals surface area contributed by atoms with Crippen molar-refractivity contribution in [1.29, 1.82) is 5.26 Å². The maximum absolute atomic E-state index is 11.3. The zero-order valence-electron chi connectivity index (χ0n) is 13.5. The van der Waals surface area contributed by atoms with Gasteiger partial charge in [-0.25, -0.2) is 14.7 Å². The molecular formula is C15H19N7O2. The highest BCUT2D eigenvalue weighted by Crippen LogP contribution is 2.23. The number of hydrogen-bond donors (Lipinski definition) is 2. The Balaban J connectivity index is 1.87. The highest BCUT2D eigenvalue weighted by molar-refractivity contribution is 6.08. The molecule has 2 aliphatic rings. The van der Waals surface area contributed by atoms with Gasteiger partial charge in [-0.15, -0.1) is 0 Å². The fourth-order valence-corrected chi connectivity index (χ4v) is 3.03. The molecule has 24 heavy (non-hydrogen) atoms. The summed E-state index contributed by atoms with van der Waals surface area (Å²) >= 11 is 0. The number of amides is 1. The number of rotatable bonds is 2. The average Bonchev–Trinajstić information content (AvgIpc) is 3.09. The number of nitriles is 1. The van der Waals surface area contributed by atoms with Gasteiger partial charge in [-0.2, -0.15) is 10.4 Å². The van der Waals surface area contributed by atoms with Crippen LogP contribution in [0, 0.1) is 11.3 Å². The van der Waals surface area contributed by atoms with Gasteiger partial charge in [-0.05, 0) is 13.0 Å². The van der Waals surface area contributed by atoms with Crippen LogP contribution in [0.25, 0.3) is 0 Å². The van der Waals surface area contributed by atoms with Crippen molar-refractivity contribution >= 4 is 11.8 Å². The summed E-state index contributed by atoms with van der Waals surface area (Å²) in [5.74, 6) is 0. The van der Waals surface area contributed by atoms with E-state index < -0.39 is 12.1 Å². The molecule has 3 rings (SSSR count). The van der Waals surface area contributed by atoms with Gasteiger partial charge in [0.1, 0.15) is 6.04 Å². The molecule has 0 bridgehead atoms. The van der Waals surface area contributed by atoms with Gasteiger partial charge in [0.2, 0.25) is 0 Å². The molecule has 9 heteroatoms. The summed E-state index contributed by atoms with van der Waals surface area (Å²) in [6.45, 7) is 2.43. The lowest BCUT2D eigenvalue weighted by Gasteiger charge is -2.46. The number of nitrogens with one attached hydrogen (secondary N) is 1. The molecule has 2 N–H and O–H groups in total. The Bertz CT molecular complexity index is 706. The molecule has 9 nitrogen and oxygen atoms in total. The molecule has 0 spiro atoms. The van der Waals surface area contributed by atoms with Crippen LogP contribution in [0.3, 0.4) is 0 Å². The van der Waals surface area contributed by atoms with E-state index in [1.807, 2.05) is 36.0 Å². The minimum absolute atomic E-state index is 0.150. The largest absolute Gasteiger partial charge is 0.465 e. The topological polar surface area (TPSA) is 112 Å². The van der Waals surface area contributed by atoms with Gasteiger partial charge in [-0.1, -0.05) is 0 Å². The maximum atomic E-state index is 11.3. The fourth-order valence-electron chi connectivity index (χ4n) is 3.03. The quantitative estimate of drug-likeness (QED) is 0.818. The van der Waals surface area contributed by atoms with Crippen molar-refractivity contribution in [3.63, 3.8) is 0 Å². The first-order chi connectivity index (χ1) is 11.5. The van der Waals surface area contributed by atoms with E-state index in [1.54, 1.807) is 12.4 Å². The third kappa shape index (κ3) is 2.83. The Morgan fingerprint density at radius 2 is 2.29 bits per heavy atom. The van der Waals surface area contributed by atoms with E-state index in [2.05, 4.69) is 16.3 Å². The van der Waals surface area contributed by atoms with Gasteiger partial charge in [0.15, 0.2) is 6.29 Å². The van der Waals surface area contributed by atoms with E-state index in [4.69, 9.17) is 4.99 Å². The van der Waals surface area contributed by atoms with Crippen LogP contribution < -0.4 is 0 Å². The number of H-pyrrole nitrogens is 1. The van der Waals surface area contributed by atoms with Crippen molar-refractivity contribution in [3.8, 4) is 6.07 Å². The Hall–Kier alpha value is -2.86. The summed E-state index contributed by atoms with van der Waals surface area (Å²) in [5, 5.41) is 25.5. The second kappa shape index (κ2) is 6.33. The van der Waals surface area contributed by atoms with E-state index >= 15 is 0 Å². The maximum Gasteiger partial charge on any atom is 0.407 e. The molecular weight excluding hydrogens is 310 g/mol. The van der Waals surface area contributed by atoms with Crippen LogP contribution in [0.2, 0.25) is 0 Å². The lowest BCUT2D eigenvalue weighted by molar-refractivity contribution is -0.00201. The van der Waals surface area contributed by atoms with Crippen molar-refractivity contribution in [3.05, 3.63) is 30.2 Å². The second-order valence-corrected chi connectivity index (χ2v) is 5.95. The van der Waals surface area contributed by atoms with Crippen LogP contribution >= 0.6 is 0 Å². The summed E-state index contributed by atoms with van der Waals surface area (Å²) in [4.78, 5) is 21.2. The predicted octanol–water partition coefficient (Wildman–Crippen LogP) is 0.518. The number of nitrogens with zero attached hydrogens (tertiary/aromatic N) is 6. The van der Waals surface area contributed by atoms with Gasteiger partial charge >= 0.3 is 6.09 Å². The van der Waals surface area contributed by atoms with Crippen LogP contribution in [0.4, 0.5) is 4.79 Å². The molecule has 126 valence electrons. The third-order valence-electron chi connectivity index (χ3n) is 4.35. The minimum Gasteiger partial charge on any atom is -0.465 e. The highest BCUT2D eigenvalue weighted by Gasteiger charge is 2.39. The Morgan fingerprint density at radius 1 is 1.50 bits per heavy atom. The monoisotopic (exact) mass is 329 g/mol. The zero-order chi connectivity index (χ0) is 17.3. The molecule has 2 aliphatic heterocycles. The molecule has 1 aromatic rings. The highest BCUT2D eigenvalue weighted by atomic mass is 16.4. The standard InChI is InChI=1S/C15H19N7O2/c1-10-8-22(12(5-16)9-21(10)15(23)24)14-19-13(3-4-20(14)2)11-6-17-18-7-11/h3-4,6-7,10,12,14H,8-9H2,1-2H3,(H,17,18)(H,23,24). The molecule has 0 radical (unpaired) electrons. The fraction of sp³-hybridized carbons (Fsp3) is 0.467. The number of aliphatic imine (C=N–C) groups is 1. The first-order valence-electron chi connectivity index (χ1n) is 7.63. The number of allylic oxidation sites excluding steroid dienone is 1. The van der Waals surface area contributed by atoms with E-state index in [-0.39, 0.29) is 18.9 Å². The minimum atomic E-state index is -0.998. The van der Waals surface area contributed by atoms with Crippen molar-refractivity contribution in [1.82, 2.24) is 24.9 Å². The SMILES string of the molecule is CC1CN(C2N=C(c3cn[nH]c3)C=CN2C)C(C#N)CN1C(=O)O. The summed E-state index contributed by atoms with van der Waals surface area (Å²) in [6, 6.07) is 1.45. The van der Waals surface area contributed by atoms with Crippen LogP contribution in [0.15, 0.2) is 29.7 Å². The summed E-state index contributed by atoms with van der Waals surface area (Å²) < 4.78 is 0. The zero-order valence-corrected chi connectivity index (χ0v) is 13.5. The van der Waals surface area contributed by atoms with E-state index in [1.165, 1.54) is 4.90 Å². The van der Waals surface area contributed by atoms with E-state index in [9.17, 15) is 15.2 Å². The summed E-state index contributed by atoms with van der Waals surface area (Å²) in [7, 11) is 1.89. The lowest BCUT2D eigenvalue weighted by Crippen LogP contribution is -2.63. The average molecular weight is 329 g/mol. The van der Waals surface area contributed by atoms with Crippen LogP contribution in [0.5, 0.6) is 0 Å². The van der Waals surface area contributed by atoms with E-state index in [0.29, 0.717) is 6.54 Å². The molecule has 1 saturated heterocycles. The molecule has 0 aliphatic carbocycles. The van der Waals surface area contributed by atoms with Gasteiger partial charge < -0.3 is 14.9 Å². The molecule has 3 heterocycles. The number of aromatic amines is 1. The second-order valence-electron chi connectivity index (χ2n) is 5.95. The number of aromatic nitrogens is 2. The van der Waals surface area contributed by atoms with Gasteiger partial charge in [0, 0.05) is 37.6 Å². The van der Waals surface area contributed by atoms with Crippen molar-refractivity contribution in [2.45, 2.75) is 25.3 Å². The van der Waals surface area contributed by atoms with Crippen molar-refractivity contribution in [2.24, 2.45) is 4.99 Å². The molecule has 3 atom stereocenters. The first-order valence-corrected chi connectivity index (χ1v) is 7.63. The Morgan fingerprint density at radius 3 is 2.92 bits per heavy atom. The molecule has 0 saturated carbocycles. The molecule has 1 aromatic heterocycles. The van der Waals surface area contributed by atoms with E-state index in [0.717, 1.165) is 11.3 Å². The summed E-state index contributed by atoms with van der Waals surface area (Å²) in [6.07, 6.45) is 5.89. The number of hydrogen-bond acceptors (Lipinski definition) is 6. The van der Waals surface area contributed by atoms with Crippen LogP contribution in [-0.2, 0) is 0 Å². The van der Waals surface area contributed by atoms with Crippen LogP contribution in [-0.4, -0.2) is 80.3 Å². The predicted molar refractivity (Wildman–Crippen MR) is 86.1 cm³/mol. The Labute approximate surface area is 139 Å². The number of carbonyl (C=O) groups is 1. The third-order valence-corrected chi connectivity index (χ3v) is 4.35. The normalized spacial score (nSPS) is 27.7. The van der Waals surface area contributed by atoms with Crippen molar-refractivity contribution < 1.29 is 9.90 Å². The van der Waals surface area contributed by atoms with Gasteiger partial charge in [0.25, 0.3) is 0 Å². The molecule has 0 aromatic carbocycles. The van der Waals surface area contributed by atoms with Crippen molar-refractivity contribution in [2.75, 3.05) is 20.1 Å². The molecule has 3 unspecified atom stereocenters. The lowest BCUT2D eigenvalue weighted by atomic mass is 10.1. The molecule has 1 amide bonds. The molecule has 1 fully saturated rings.